The van der Waals surface area contributed by atoms with Crippen LogP contribution in [0.2, 0.25) is 5.02 Å². The van der Waals surface area contributed by atoms with E-state index in [9.17, 15) is 4.79 Å². The summed E-state index contributed by atoms with van der Waals surface area (Å²) in [5, 5.41) is 3.16. The highest BCUT2D eigenvalue weighted by molar-refractivity contribution is 6.33. The van der Waals surface area contributed by atoms with Crippen molar-refractivity contribution in [2.75, 3.05) is 18.5 Å². The molecule has 1 amide bonds. The Labute approximate surface area is 106 Å². The second-order valence-electron chi connectivity index (χ2n) is 4.51. The number of benzene rings is 1. The minimum atomic E-state index is -0.440. The second kappa shape index (κ2) is 6.00. The molecule has 1 rings (SSSR count). The predicted octanol–water partition coefficient (Wildman–Crippen LogP) is 2.03. The molecule has 0 aliphatic rings. The molecule has 1 aromatic rings. The number of carbonyl (C=O) groups excluding carboxylic acids is 1. The van der Waals surface area contributed by atoms with Gasteiger partial charge in [-0.15, -0.1) is 0 Å². The summed E-state index contributed by atoms with van der Waals surface area (Å²) in [6.07, 6.45) is 0. The number of carbonyl (C=O) groups is 1. The highest BCUT2D eigenvalue weighted by atomic mass is 35.5. The number of nitrogens with one attached hydrogen (secondary N) is 1. The SMILES string of the molecule is CC(C)(N)COCC(=O)Nc1ccccc1Cl. The minimum absolute atomic E-state index is 0.0359. The number of para-hydroxylation sites is 1. The van der Waals surface area contributed by atoms with Gasteiger partial charge in [-0.25, -0.2) is 0 Å². The van der Waals surface area contributed by atoms with E-state index in [-0.39, 0.29) is 12.5 Å². The molecule has 5 heteroatoms. The van der Waals surface area contributed by atoms with Crippen LogP contribution < -0.4 is 11.1 Å². The van der Waals surface area contributed by atoms with Crippen LogP contribution in [-0.4, -0.2) is 24.7 Å². The van der Waals surface area contributed by atoms with E-state index < -0.39 is 5.54 Å². The topological polar surface area (TPSA) is 64.3 Å². The molecule has 0 saturated carbocycles. The van der Waals surface area contributed by atoms with Crippen LogP contribution in [0.25, 0.3) is 0 Å². The molecule has 0 aliphatic heterocycles. The van der Waals surface area contributed by atoms with Gasteiger partial charge in [0, 0.05) is 5.54 Å². The molecule has 17 heavy (non-hydrogen) atoms. The fourth-order valence-electron chi connectivity index (χ4n) is 1.16. The Bertz CT molecular complexity index is 388. The molecule has 0 fully saturated rings. The molecule has 0 atom stereocenters. The zero-order valence-electron chi connectivity index (χ0n) is 10.00. The highest BCUT2D eigenvalue weighted by Crippen LogP contribution is 2.20. The second-order valence-corrected chi connectivity index (χ2v) is 4.92. The molecule has 94 valence electrons. The lowest BCUT2D eigenvalue weighted by atomic mass is 10.1. The molecule has 0 bridgehead atoms. The summed E-state index contributed by atoms with van der Waals surface area (Å²) in [5.41, 5.74) is 5.86. The van der Waals surface area contributed by atoms with Crippen LogP contribution in [0.5, 0.6) is 0 Å². The van der Waals surface area contributed by atoms with E-state index in [1.165, 1.54) is 0 Å². The number of nitrogens with two attached hydrogens (primary N) is 1. The van der Waals surface area contributed by atoms with E-state index in [1.54, 1.807) is 24.3 Å². The van der Waals surface area contributed by atoms with Gasteiger partial charge in [-0.2, -0.15) is 0 Å². The Morgan fingerprint density at radius 1 is 1.47 bits per heavy atom. The minimum Gasteiger partial charge on any atom is -0.370 e. The maximum Gasteiger partial charge on any atom is 0.250 e. The third-order valence-electron chi connectivity index (χ3n) is 1.86. The normalized spacial score (nSPS) is 11.3. The first-order valence-corrected chi connectivity index (χ1v) is 5.67. The number of ether oxygens (including phenoxy) is 1. The standard InChI is InChI=1S/C12H17ClN2O2/c1-12(2,14)8-17-7-11(16)15-10-6-4-3-5-9(10)13/h3-6H,7-8,14H2,1-2H3,(H,15,16). The first-order chi connectivity index (χ1) is 7.88. The van der Waals surface area contributed by atoms with Crippen molar-refractivity contribution >= 4 is 23.2 Å². The van der Waals surface area contributed by atoms with Crippen molar-refractivity contribution in [3.63, 3.8) is 0 Å². The molecule has 4 nitrogen and oxygen atoms in total. The van der Waals surface area contributed by atoms with Crippen molar-refractivity contribution in [3.8, 4) is 0 Å². The monoisotopic (exact) mass is 256 g/mol. The van der Waals surface area contributed by atoms with E-state index in [1.807, 2.05) is 13.8 Å². The highest BCUT2D eigenvalue weighted by Gasteiger charge is 2.12. The van der Waals surface area contributed by atoms with Gasteiger partial charge in [0.25, 0.3) is 0 Å². The molecule has 0 heterocycles. The zero-order chi connectivity index (χ0) is 12.9. The van der Waals surface area contributed by atoms with Crippen molar-refractivity contribution in [2.24, 2.45) is 5.73 Å². The Balaban J connectivity index is 2.38. The van der Waals surface area contributed by atoms with Gasteiger partial charge in [0.05, 0.1) is 17.3 Å². The number of hydrogen-bond acceptors (Lipinski definition) is 3. The fourth-order valence-corrected chi connectivity index (χ4v) is 1.34. The van der Waals surface area contributed by atoms with E-state index in [2.05, 4.69) is 5.32 Å². The lowest BCUT2D eigenvalue weighted by molar-refractivity contribution is -0.121. The fraction of sp³-hybridized carbons (Fsp3) is 0.417. The van der Waals surface area contributed by atoms with Crippen molar-refractivity contribution in [1.29, 1.82) is 0 Å². The van der Waals surface area contributed by atoms with Crippen LogP contribution in [0, 0.1) is 0 Å². The van der Waals surface area contributed by atoms with Gasteiger partial charge in [-0.05, 0) is 26.0 Å². The number of anilines is 1. The first kappa shape index (κ1) is 14.0. The van der Waals surface area contributed by atoms with E-state index in [0.29, 0.717) is 17.3 Å². The predicted molar refractivity (Wildman–Crippen MR) is 69.2 cm³/mol. The van der Waals surface area contributed by atoms with Gasteiger partial charge in [0.1, 0.15) is 6.61 Å². The van der Waals surface area contributed by atoms with Crippen molar-refractivity contribution in [3.05, 3.63) is 29.3 Å². The average Bonchev–Trinajstić information content (AvgIpc) is 2.19. The summed E-state index contributed by atoms with van der Waals surface area (Å²) in [6, 6.07) is 7.03. The molecule has 0 spiro atoms. The maximum atomic E-state index is 11.5. The van der Waals surface area contributed by atoms with Gasteiger partial charge in [0.15, 0.2) is 0 Å². The van der Waals surface area contributed by atoms with Gasteiger partial charge < -0.3 is 15.8 Å². The first-order valence-electron chi connectivity index (χ1n) is 5.29. The molecule has 0 radical (unpaired) electrons. The maximum absolute atomic E-state index is 11.5. The van der Waals surface area contributed by atoms with Crippen LogP contribution in [0.1, 0.15) is 13.8 Å². The van der Waals surface area contributed by atoms with E-state index in [0.717, 1.165) is 0 Å². The van der Waals surface area contributed by atoms with Crippen LogP contribution >= 0.6 is 11.6 Å². The van der Waals surface area contributed by atoms with Gasteiger partial charge in [0.2, 0.25) is 5.91 Å². The molecule has 3 N–H and O–H groups in total. The molecule has 0 saturated heterocycles. The Kier molecular flexibility index (Phi) is 4.93. The summed E-state index contributed by atoms with van der Waals surface area (Å²) >= 11 is 5.90. The largest absolute Gasteiger partial charge is 0.370 e. The quantitative estimate of drug-likeness (QED) is 0.847. The van der Waals surface area contributed by atoms with Crippen molar-refractivity contribution in [2.45, 2.75) is 19.4 Å². The lowest BCUT2D eigenvalue weighted by Gasteiger charge is -2.17. The number of hydrogen-bond donors (Lipinski definition) is 2. The molecule has 0 aromatic heterocycles. The van der Waals surface area contributed by atoms with Gasteiger partial charge in [-0.3, -0.25) is 4.79 Å². The van der Waals surface area contributed by atoms with Crippen LogP contribution in [0.4, 0.5) is 5.69 Å². The number of amides is 1. The number of rotatable bonds is 5. The molecule has 1 aromatic carbocycles. The van der Waals surface area contributed by atoms with Gasteiger partial charge in [-0.1, -0.05) is 23.7 Å². The molecule has 0 aliphatic carbocycles. The summed E-state index contributed by atoms with van der Waals surface area (Å²) in [6.45, 7) is 3.95. The van der Waals surface area contributed by atoms with Crippen LogP contribution in [0.3, 0.4) is 0 Å². The van der Waals surface area contributed by atoms with Crippen molar-refractivity contribution in [1.82, 2.24) is 0 Å². The lowest BCUT2D eigenvalue weighted by Crippen LogP contribution is -2.38. The van der Waals surface area contributed by atoms with E-state index in [4.69, 9.17) is 22.1 Å². The Morgan fingerprint density at radius 3 is 2.71 bits per heavy atom. The van der Waals surface area contributed by atoms with Crippen molar-refractivity contribution < 1.29 is 9.53 Å². The summed E-state index contributed by atoms with van der Waals surface area (Å²) < 4.78 is 5.19. The molecular formula is C12H17ClN2O2. The third-order valence-corrected chi connectivity index (χ3v) is 2.18. The summed E-state index contributed by atoms with van der Waals surface area (Å²) in [5.74, 6) is -0.248. The Morgan fingerprint density at radius 2 is 2.12 bits per heavy atom. The number of halogens is 1. The van der Waals surface area contributed by atoms with Crippen LogP contribution in [-0.2, 0) is 9.53 Å². The van der Waals surface area contributed by atoms with E-state index >= 15 is 0 Å². The molecular weight excluding hydrogens is 240 g/mol. The molecule has 0 unspecified atom stereocenters. The third kappa shape index (κ3) is 5.68. The average molecular weight is 257 g/mol. The summed E-state index contributed by atoms with van der Waals surface area (Å²) in [7, 11) is 0. The summed E-state index contributed by atoms with van der Waals surface area (Å²) in [4.78, 5) is 11.5. The van der Waals surface area contributed by atoms with Crippen LogP contribution in [0.15, 0.2) is 24.3 Å². The van der Waals surface area contributed by atoms with Gasteiger partial charge >= 0.3 is 0 Å². The Hall–Kier alpha value is -1.10. The smallest absolute Gasteiger partial charge is 0.250 e. The zero-order valence-corrected chi connectivity index (χ0v) is 10.8.